The van der Waals surface area contributed by atoms with E-state index in [4.69, 9.17) is 33.7 Å². The molecule has 96 valence electrons. The molecule has 0 saturated carbocycles. The summed E-state index contributed by atoms with van der Waals surface area (Å²) in [6.45, 7) is 0.112. The van der Waals surface area contributed by atoms with Crippen LogP contribution in [0.4, 0.5) is 5.69 Å². The first-order chi connectivity index (χ1) is 8.49. The van der Waals surface area contributed by atoms with Gasteiger partial charge in [0, 0.05) is 17.1 Å². The van der Waals surface area contributed by atoms with Gasteiger partial charge >= 0.3 is 5.97 Å². The van der Waals surface area contributed by atoms with Gasteiger partial charge < -0.3 is 10.5 Å². The Balaban J connectivity index is 2.21. The maximum atomic E-state index is 12.0. The van der Waals surface area contributed by atoms with E-state index in [0.29, 0.717) is 5.02 Å². The van der Waals surface area contributed by atoms with Crippen LogP contribution in [-0.4, -0.2) is 24.5 Å². The first-order valence-corrected chi connectivity index (χ1v) is 5.92. The van der Waals surface area contributed by atoms with E-state index in [9.17, 15) is 9.59 Å². The maximum Gasteiger partial charge on any atom is 0.325 e. The zero-order valence-corrected chi connectivity index (χ0v) is 10.7. The summed E-state index contributed by atoms with van der Waals surface area (Å²) in [7, 11) is 0. The molecule has 1 aliphatic rings. The Morgan fingerprint density at radius 3 is 2.78 bits per heavy atom. The summed E-state index contributed by atoms with van der Waals surface area (Å²) < 4.78 is 4.69. The number of carbonyl (C=O) groups is 2. The Bertz CT molecular complexity index is 496. The van der Waals surface area contributed by atoms with Crippen LogP contribution in [0.1, 0.15) is 16.8 Å². The summed E-state index contributed by atoms with van der Waals surface area (Å²) in [5.41, 5.74) is 6.09. The number of nitrogens with two attached hydrogens (primary N) is 1. The third kappa shape index (κ3) is 2.58. The topological polar surface area (TPSA) is 81.4 Å². The number of hydrogen-bond donors (Lipinski definition) is 2. The van der Waals surface area contributed by atoms with Gasteiger partial charge in [0.25, 0.3) is 0 Å². The number of ketones is 1. The molecule has 1 heterocycles. The monoisotopic (exact) mass is 288 g/mol. The quantitative estimate of drug-likeness (QED) is 0.502. The molecule has 1 aliphatic heterocycles. The molecular weight excluding hydrogens is 279 g/mol. The van der Waals surface area contributed by atoms with Crippen molar-refractivity contribution in [2.75, 3.05) is 12.5 Å². The van der Waals surface area contributed by atoms with E-state index >= 15 is 0 Å². The van der Waals surface area contributed by atoms with Crippen LogP contribution in [0.5, 0.6) is 0 Å². The molecule has 2 rings (SSSR count). The molecule has 0 unspecified atom stereocenters. The standard InChI is InChI=1S/C11H10Cl2N2O3/c12-5-1-6(13)10(7(14)2-5)9(16)3-8-11(17)18-4-15-8/h1-2,8,15H,3-4,14H2/t8-/m0/s1. The van der Waals surface area contributed by atoms with Gasteiger partial charge in [-0.1, -0.05) is 23.2 Å². The van der Waals surface area contributed by atoms with Crippen molar-refractivity contribution in [1.82, 2.24) is 5.32 Å². The van der Waals surface area contributed by atoms with Gasteiger partial charge in [0.1, 0.15) is 12.8 Å². The lowest BCUT2D eigenvalue weighted by Crippen LogP contribution is -2.30. The van der Waals surface area contributed by atoms with Crippen LogP contribution in [0.15, 0.2) is 12.1 Å². The number of Topliss-reactive ketones (excluding diaryl/α,β-unsaturated/α-hetero) is 1. The summed E-state index contributed by atoms with van der Waals surface area (Å²) in [5.74, 6) is -0.780. The molecule has 1 aromatic rings. The first-order valence-electron chi connectivity index (χ1n) is 5.17. The molecule has 0 amide bonds. The largest absolute Gasteiger partial charge is 0.449 e. The number of halogens is 2. The van der Waals surface area contributed by atoms with E-state index in [-0.39, 0.29) is 35.2 Å². The number of esters is 1. The number of nitrogen functional groups attached to an aromatic ring is 1. The van der Waals surface area contributed by atoms with E-state index in [1.807, 2.05) is 0 Å². The van der Waals surface area contributed by atoms with Gasteiger partial charge in [0.15, 0.2) is 5.78 Å². The smallest absolute Gasteiger partial charge is 0.325 e. The minimum absolute atomic E-state index is 0.0512. The van der Waals surface area contributed by atoms with Crippen LogP contribution in [0.3, 0.4) is 0 Å². The van der Waals surface area contributed by atoms with E-state index in [0.717, 1.165) is 0 Å². The highest BCUT2D eigenvalue weighted by molar-refractivity contribution is 6.37. The van der Waals surface area contributed by atoms with E-state index in [1.54, 1.807) is 0 Å². The van der Waals surface area contributed by atoms with Gasteiger partial charge in [-0.25, -0.2) is 0 Å². The molecule has 1 fully saturated rings. The normalized spacial score (nSPS) is 18.8. The number of cyclic esters (lactones) is 1. The van der Waals surface area contributed by atoms with Gasteiger partial charge in [-0.15, -0.1) is 0 Å². The molecule has 5 nitrogen and oxygen atoms in total. The van der Waals surface area contributed by atoms with Gasteiger partial charge in [-0.2, -0.15) is 0 Å². The SMILES string of the molecule is Nc1cc(Cl)cc(Cl)c1C(=O)C[C@@H]1NCOC1=O. The zero-order valence-electron chi connectivity index (χ0n) is 9.20. The molecule has 1 saturated heterocycles. The number of hydrogen-bond acceptors (Lipinski definition) is 5. The summed E-state index contributed by atoms with van der Waals surface area (Å²) in [6.07, 6.45) is -0.0512. The second-order valence-electron chi connectivity index (χ2n) is 3.84. The molecular formula is C11H10Cl2N2O3. The predicted molar refractivity (Wildman–Crippen MR) is 67.7 cm³/mol. The molecule has 1 atom stereocenters. The first kappa shape index (κ1) is 13.1. The molecule has 0 aromatic heterocycles. The van der Waals surface area contributed by atoms with Crippen molar-refractivity contribution in [2.24, 2.45) is 0 Å². The fourth-order valence-corrected chi connectivity index (χ4v) is 2.34. The van der Waals surface area contributed by atoms with Gasteiger partial charge in [0.05, 0.1) is 10.6 Å². The number of rotatable bonds is 3. The van der Waals surface area contributed by atoms with Crippen molar-refractivity contribution in [3.05, 3.63) is 27.7 Å². The van der Waals surface area contributed by atoms with Gasteiger partial charge in [-0.3, -0.25) is 14.9 Å². The average Bonchev–Trinajstić information content (AvgIpc) is 2.62. The second-order valence-corrected chi connectivity index (χ2v) is 4.69. The number of ether oxygens (including phenoxy) is 1. The highest BCUT2D eigenvalue weighted by Crippen LogP contribution is 2.28. The summed E-state index contributed by atoms with van der Waals surface area (Å²) in [5, 5.41) is 3.29. The molecule has 7 heteroatoms. The van der Waals surface area contributed by atoms with E-state index < -0.39 is 12.0 Å². The Hall–Kier alpha value is -1.30. The van der Waals surface area contributed by atoms with Gasteiger partial charge in [-0.05, 0) is 12.1 Å². The Morgan fingerprint density at radius 1 is 1.50 bits per heavy atom. The summed E-state index contributed by atoms with van der Waals surface area (Å²) >= 11 is 11.7. The van der Waals surface area contributed by atoms with Crippen LogP contribution in [0.25, 0.3) is 0 Å². The van der Waals surface area contributed by atoms with Crippen molar-refractivity contribution in [3.63, 3.8) is 0 Å². The lowest BCUT2D eigenvalue weighted by molar-refractivity contribution is -0.139. The summed E-state index contributed by atoms with van der Waals surface area (Å²) in [6, 6.07) is 2.23. The minimum atomic E-state index is -0.649. The molecule has 0 radical (unpaired) electrons. The third-order valence-corrected chi connectivity index (χ3v) is 3.10. The van der Waals surface area contributed by atoms with Crippen LogP contribution in [0.2, 0.25) is 10.0 Å². The lowest BCUT2D eigenvalue weighted by atomic mass is 10.0. The fourth-order valence-electron chi connectivity index (χ4n) is 1.73. The maximum absolute atomic E-state index is 12.0. The number of anilines is 1. The van der Waals surface area contributed by atoms with Crippen molar-refractivity contribution in [3.8, 4) is 0 Å². The van der Waals surface area contributed by atoms with Gasteiger partial charge in [0.2, 0.25) is 0 Å². The zero-order chi connectivity index (χ0) is 13.3. The predicted octanol–water partition coefficient (Wildman–Crippen LogP) is 1.62. The van der Waals surface area contributed by atoms with Crippen molar-refractivity contribution in [1.29, 1.82) is 0 Å². The van der Waals surface area contributed by atoms with Crippen LogP contribution < -0.4 is 11.1 Å². The minimum Gasteiger partial charge on any atom is -0.449 e. The Labute approximate surface area is 113 Å². The second kappa shape index (κ2) is 5.14. The van der Waals surface area contributed by atoms with E-state index in [1.165, 1.54) is 12.1 Å². The molecule has 3 N–H and O–H groups in total. The lowest BCUT2D eigenvalue weighted by Gasteiger charge is -2.09. The number of carbonyl (C=O) groups excluding carboxylic acids is 2. The average molecular weight is 289 g/mol. The van der Waals surface area contributed by atoms with Crippen LogP contribution in [0, 0.1) is 0 Å². The Morgan fingerprint density at radius 2 is 2.22 bits per heavy atom. The van der Waals surface area contributed by atoms with Crippen molar-refractivity contribution in [2.45, 2.75) is 12.5 Å². The van der Waals surface area contributed by atoms with Crippen molar-refractivity contribution >= 4 is 40.6 Å². The third-order valence-electron chi connectivity index (χ3n) is 2.58. The molecule has 0 aliphatic carbocycles. The summed E-state index contributed by atoms with van der Waals surface area (Å²) in [4.78, 5) is 23.3. The molecule has 0 bridgehead atoms. The molecule has 1 aromatic carbocycles. The van der Waals surface area contributed by atoms with Crippen molar-refractivity contribution < 1.29 is 14.3 Å². The van der Waals surface area contributed by atoms with E-state index in [2.05, 4.69) is 5.32 Å². The van der Waals surface area contributed by atoms with Crippen LogP contribution in [-0.2, 0) is 9.53 Å². The molecule has 18 heavy (non-hydrogen) atoms. The highest BCUT2D eigenvalue weighted by Gasteiger charge is 2.29. The Kier molecular flexibility index (Phi) is 3.75. The number of benzene rings is 1. The molecule has 0 spiro atoms. The number of nitrogens with one attached hydrogen (secondary N) is 1. The van der Waals surface area contributed by atoms with Crippen LogP contribution >= 0.6 is 23.2 Å². The highest BCUT2D eigenvalue weighted by atomic mass is 35.5. The fraction of sp³-hybridized carbons (Fsp3) is 0.273.